The molecule has 0 spiro atoms. The van der Waals surface area contributed by atoms with E-state index in [1.807, 2.05) is 0 Å². The molecule has 98 valence electrons. The Hall–Kier alpha value is -1.34. The van der Waals surface area contributed by atoms with E-state index < -0.39 is 18.1 Å². The van der Waals surface area contributed by atoms with Crippen LogP contribution in [-0.4, -0.2) is 41.1 Å². The first-order chi connectivity index (χ1) is 8.56. The smallest absolute Gasteiger partial charge is 0.335 e. The Bertz CT molecular complexity index is 470. The Morgan fingerprint density at radius 1 is 1.67 bits per heavy atom. The topological polar surface area (TPSA) is 80.0 Å². The number of hydrogen-bond acceptors (Lipinski definition) is 4. The molecule has 6 nitrogen and oxygen atoms in total. The highest BCUT2D eigenvalue weighted by molar-refractivity contribution is 9.10. The molecule has 0 radical (unpaired) electrons. The molecule has 1 N–H and O–H groups in total. The maximum absolute atomic E-state index is 11.8. The third-order valence-electron chi connectivity index (χ3n) is 2.83. The zero-order valence-electron chi connectivity index (χ0n) is 9.63. The zero-order chi connectivity index (χ0) is 13.3. The van der Waals surface area contributed by atoms with Crippen LogP contribution in [0, 0.1) is 0 Å². The van der Waals surface area contributed by atoms with E-state index in [0.29, 0.717) is 16.8 Å². The van der Waals surface area contributed by atoms with Gasteiger partial charge in [-0.2, -0.15) is 0 Å². The van der Waals surface area contributed by atoms with E-state index in [4.69, 9.17) is 9.15 Å². The van der Waals surface area contributed by atoms with Gasteiger partial charge in [-0.3, -0.25) is 4.79 Å². The standard InChI is InChI=1S/C11H12BrNO5/c1-2-13-7(14)5-18-10(11(15)16)8(13)9-6(12)3-4-17-9/h3-4,8,10H,2,5H2,1H3,(H,15,16). The van der Waals surface area contributed by atoms with Crippen LogP contribution < -0.4 is 0 Å². The van der Waals surface area contributed by atoms with Crippen molar-refractivity contribution < 1.29 is 23.8 Å². The quantitative estimate of drug-likeness (QED) is 0.911. The second-order valence-corrected chi connectivity index (χ2v) is 4.68. The van der Waals surface area contributed by atoms with Crippen molar-refractivity contribution >= 4 is 27.8 Å². The summed E-state index contributed by atoms with van der Waals surface area (Å²) in [7, 11) is 0. The van der Waals surface area contributed by atoms with E-state index in [-0.39, 0.29) is 12.5 Å². The van der Waals surface area contributed by atoms with Gasteiger partial charge in [0, 0.05) is 6.54 Å². The fourth-order valence-corrected chi connectivity index (χ4v) is 2.46. The number of carbonyl (C=O) groups excluding carboxylic acids is 1. The Morgan fingerprint density at radius 2 is 2.39 bits per heavy atom. The Labute approximate surface area is 112 Å². The number of carboxylic acids is 1. The molecule has 1 amide bonds. The molecule has 2 atom stereocenters. The van der Waals surface area contributed by atoms with Crippen molar-refractivity contribution in [3.63, 3.8) is 0 Å². The van der Waals surface area contributed by atoms with Gasteiger partial charge in [-0.25, -0.2) is 4.79 Å². The van der Waals surface area contributed by atoms with Gasteiger partial charge in [-0.15, -0.1) is 0 Å². The fourth-order valence-electron chi connectivity index (χ4n) is 2.03. The summed E-state index contributed by atoms with van der Waals surface area (Å²) in [6, 6.07) is 0.902. The van der Waals surface area contributed by atoms with Gasteiger partial charge in [0.15, 0.2) is 6.10 Å². The molecule has 1 aliphatic rings. The molecule has 7 heteroatoms. The van der Waals surface area contributed by atoms with Crippen LogP contribution in [0.4, 0.5) is 0 Å². The highest BCUT2D eigenvalue weighted by Gasteiger charge is 2.43. The van der Waals surface area contributed by atoms with Gasteiger partial charge in [0.25, 0.3) is 0 Å². The van der Waals surface area contributed by atoms with Crippen LogP contribution in [0.5, 0.6) is 0 Å². The van der Waals surface area contributed by atoms with Crippen molar-refractivity contribution in [2.75, 3.05) is 13.2 Å². The van der Waals surface area contributed by atoms with E-state index in [0.717, 1.165) is 0 Å². The summed E-state index contributed by atoms with van der Waals surface area (Å²) in [5, 5.41) is 9.18. The molecule has 2 heterocycles. The Morgan fingerprint density at radius 3 is 2.89 bits per heavy atom. The summed E-state index contributed by atoms with van der Waals surface area (Å²) in [5.74, 6) is -0.977. The molecule has 0 aromatic carbocycles. The van der Waals surface area contributed by atoms with Crippen LogP contribution in [0.25, 0.3) is 0 Å². The number of carboxylic acid groups (broad SMARTS) is 1. The minimum absolute atomic E-state index is 0.223. The van der Waals surface area contributed by atoms with E-state index in [1.54, 1.807) is 13.0 Å². The molecule has 1 aromatic rings. The monoisotopic (exact) mass is 317 g/mol. The number of ether oxygens (including phenoxy) is 1. The van der Waals surface area contributed by atoms with Crippen molar-refractivity contribution in [1.29, 1.82) is 0 Å². The third-order valence-corrected chi connectivity index (χ3v) is 3.48. The zero-order valence-corrected chi connectivity index (χ0v) is 11.2. The highest BCUT2D eigenvalue weighted by Crippen LogP contribution is 2.35. The summed E-state index contributed by atoms with van der Waals surface area (Å²) in [4.78, 5) is 24.4. The molecule has 18 heavy (non-hydrogen) atoms. The predicted molar refractivity (Wildman–Crippen MR) is 63.9 cm³/mol. The van der Waals surface area contributed by atoms with Crippen LogP contribution in [0.3, 0.4) is 0 Å². The summed E-state index contributed by atoms with van der Waals surface area (Å²) in [5.41, 5.74) is 0. The van der Waals surface area contributed by atoms with Crippen LogP contribution in [0.15, 0.2) is 21.2 Å². The first-order valence-electron chi connectivity index (χ1n) is 5.43. The molecule has 0 aliphatic carbocycles. The summed E-state index contributed by atoms with van der Waals surface area (Å²) in [6.07, 6.45) is 0.315. The lowest BCUT2D eigenvalue weighted by Crippen LogP contribution is -2.51. The van der Waals surface area contributed by atoms with E-state index >= 15 is 0 Å². The molecular weight excluding hydrogens is 306 g/mol. The molecule has 1 aromatic heterocycles. The van der Waals surface area contributed by atoms with Gasteiger partial charge >= 0.3 is 5.97 Å². The molecular formula is C11H12BrNO5. The maximum atomic E-state index is 11.8. The minimum atomic E-state index is -1.12. The van der Waals surface area contributed by atoms with Crippen LogP contribution in [0.2, 0.25) is 0 Å². The second kappa shape index (κ2) is 5.11. The summed E-state index contributed by atoms with van der Waals surface area (Å²) >= 11 is 3.27. The van der Waals surface area contributed by atoms with E-state index in [2.05, 4.69) is 15.9 Å². The van der Waals surface area contributed by atoms with Gasteiger partial charge < -0.3 is 19.2 Å². The normalized spacial score (nSPS) is 24.3. The number of aliphatic carboxylic acids is 1. The Kier molecular flexibility index (Phi) is 3.72. The fraction of sp³-hybridized carbons (Fsp3) is 0.455. The second-order valence-electron chi connectivity index (χ2n) is 3.83. The van der Waals surface area contributed by atoms with Crippen LogP contribution in [-0.2, 0) is 14.3 Å². The number of rotatable bonds is 3. The number of carbonyl (C=O) groups is 2. The molecule has 2 rings (SSSR count). The molecule has 1 fully saturated rings. The third kappa shape index (κ3) is 2.15. The number of amides is 1. The average Bonchev–Trinajstić information content (AvgIpc) is 2.74. The number of halogens is 1. The minimum Gasteiger partial charge on any atom is -0.479 e. The number of morpholine rings is 1. The van der Waals surface area contributed by atoms with Crippen molar-refractivity contribution in [1.82, 2.24) is 4.90 Å². The van der Waals surface area contributed by atoms with Gasteiger partial charge in [0.2, 0.25) is 5.91 Å². The lowest BCUT2D eigenvalue weighted by atomic mass is 10.0. The van der Waals surface area contributed by atoms with Crippen LogP contribution >= 0.6 is 15.9 Å². The number of likely N-dealkylation sites (N-methyl/N-ethyl adjacent to an activating group) is 1. The average molecular weight is 318 g/mol. The molecule has 0 saturated carbocycles. The summed E-state index contributed by atoms with van der Waals surface area (Å²) in [6.45, 7) is 1.95. The van der Waals surface area contributed by atoms with E-state index in [9.17, 15) is 14.7 Å². The molecule has 2 unspecified atom stereocenters. The summed E-state index contributed by atoms with van der Waals surface area (Å²) < 4.78 is 11.0. The largest absolute Gasteiger partial charge is 0.479 e. The highest BCUT2D eigenvalue weighted by atomic mass is 79.9. The van der Waals surface area contributed by atoms with Crippen molar-refractivity contribution in [3.8, 4) is 0 Å². The van der Waals surface area contributed by atoms with Gasteiger partial charge in [0.05, 0.1) is 10.7 Å². The van der Waals surface area contributed by atoms with Crippen LogP contribution in [0.1, 0.15) is 18.7 Å². The number of furan rings is 1. The molecule has 0 bridgehead atoms. The van der Waals surface area contributed by atoms with Crippen molar-refractivity contribution in [2.24, 2.45) is 0 Å². The SMILES string of the molecule is CCN1C(=O)COC(C(=O)O)C1c1occc1Br. The Balaban J connectivity index is 2.43. The number of nitrogens with zero attached hydrogens (tertiary/aromatic N) is 1. The molecule has 1 saturated heterocycles. The maximum Gasteiger partial charge on any atom is 0.335 e. The van der Waals surface area contributed by atoms with Crippen molar-refractivity contribution in [3.05, 3.63) is 22.6 Å². The van der Waals surface area contributed by atoms with E-state index in [1.165, 1.54) is 11.2 Å². The first kappa shape index (κ1) is 13.1. The first-order valence-corrected chi connectivity index (χ1v) is 6.22. The van der Waals surface area contributed by atoms with Gasteiger partial charge in [-0.05, 0) is 28.9 Å². The number of hydrogen-bond donors (Lipinski definition) is 1. The van der Waals surface area contributed by atoms with Gasteiger partial charge in [0.1, 0.15) is 18.4 Å². The predicted octanol–water partition coefficient (Wildman–Crippen LogP) is 1.42. The molecule has 1 aliphatic heterocycles. The lowest BCUT2D eigenvalue weighted by Gasteiger charge is -2.37. The lowest BCUT2D eigenvalue weighted by molar-refractivity contribution is -0.174. The van der Waals surface area contributed by atoms with Crippen molar-refractivity contribution in [2.45, 2.75) is 19.1 Å². The van der Waals surface area contributed by atoms with Gasteiger partial charge in [-0.1, -0.05) is 0 Å².